The minimum atomic E-state index is 0.208. The molecule has 0 saturated heterocycles. The van der Waals surface area contributed by atoms with E-state index in [2.05, 4.69) is 27.6 Å². The van der Waals surface area contributed by atoms with Crippen molar-refractivity contribution in [1.82, 2.24) is 9.97 Å². The molecular weight excluding hydrogens is 250 g/mol. The Bertz CT molecular complexity index is 515. The van der Waals surface area contributed by atoms with Gasteiger partial charge in [-0.05, 0) is 31.2 Å². The lowest BCUT2D eigenvalue weighted by Gasteiger charge is -2.15. The molecule has 0 spiro atoms. The molecule has 0 amide bonds. The molecule has 7 heteroatoms. The topological polar surface area (TPSA) is 96.1 Å². The van der Waals surface area contributed by atoms with Crippen molar-refractivity contribution >= 4 is 33.3 Å². The molecule has 0 bridgehead atoms. The van der Waals surface area contributed by atoms with Crippen LogP contribution in [0.15, 0.2) is 11.4 Å². The predicted octanol–water partition coefficient (Wildman–Crippen LogP) is 1.55. The number of nitrogens with zero attached hydrogens (tertiary/aromatic N) is 2. The summed E-state index contributed by atoms with van der Waals surface area (Å²) in [4.78, 5) is 9.50. The summed E-state index contributed by atoms with van der Waals surface area (Å²) in [6.45, 7) is 2.27. The zero-order valence-electron chi connectivity index (χ0n) is 10.2. The van der Waals surface area contributed by atoms with Crippen LogP contribution in [0, 0.1) is 0 Å². The van der Waals surface area contributed by atoms with Gasteiger partial charge in [-0.1, -0.05) is 0 Å². The average Bonchev–Trinajstić information content (AvgIpc) is 2.84. The smallest absolute Gasteiger partial charge is 0.240 e. The molecule has 98 valence electrons. The van der Waals surface area contributed by atoms with Crippen molar-refractivity contribution < 1.29 is 5.11 Å². The van der Waals surface area contributed by atoms with E-state index in [1.807, 2.05) is 11.4 Å². The first kappa shape index (κ1) is 13.0. The van der Waals surface area contributed by atoms with E-state index in [9.17, 15) is 0 Å². The zero-order valence-corrected chi connectivity index (χ0v) is 11.0. The van der Waals surface area contributed by atoms with Gasteiger partial charge in [0.05, 0.1) is 5.39 Å². The first-order valence-electron chi connectivity index (χ1n) is 5.84. The number of fused-ring (bicyclic) bond motifs is 1. The maximum absolute atomic E-state index is 8.82. The number of hydrazine groups is 1. The number of aromatic nitrogens is 2. The van der Waals surface area contributed by atoms with Crippen LogP contribution in [-0.2, 0) is 0 Å². The van der Waals surface area contributed by atoms with Crippen LogP contribution in [0.4, 0.5) is 11.8 Å². The Morgan fingerprint density at radius 2 is 2.33 bits per heavy atom. The standard InChI is InChI=1S/C11H17N5OS/c1-7(3-2-5-17)13-9-8-4-6-18-10(8)15-11(14-9)16-12/h4,6-7,17H,2-3,5,12H2,1H3,(H2,13,14,15,16). The van der Waals surface area contributed by atoms with Crippen molar-refractivity contribution in [3.05, 3.63) is 11.4 Å². The summed E-state index contributed by atoms with van der Waals surface area (Å²) in [5.74, 6) is 6.54. The van der Waals surface area contributed by atoms with Gasteiger partial charge in [-0.15, -0.1) is 11.3 Å². The Labute approximate surface area is 109 Å². The number of nitrogens with one attached hydrogen (secondary N) is 2. The molecule has 0 aliphatic rings. The number of nitrogens with two attached hydrogens (primary N) is 1. The van der Waals surface area contributed by atoms with E-state index in [-0.39, 0.29) is 12.6 Å². The molecule has 5 N–H and O–H groups in total. The third-order valence-electron chi connectivity index (χ3n) is 2.63. The molecule has 6 nitrogen and oxygen atoms in total. The molecule has 2 aromatic rings. The van der Waals surface area contributed by atoms with Crippen molar-refractivity contribution in [2.45, 2.75) is 25.8 Å². The average molecular weight is 267 g/mol. The van der Waals surface area contributed by atoms with Gasteiger partial charge in [-0.25, -0.2) is 10.8 Å². The van der Waals surface area contributed by atoms with Crippen LogP contribution in [0.3, 0.4) is 0 Å². The predicted molar refractivity (Wildman–Crippen MR) is 74.6 cm³/mol. The van der Waals surface area contributed by atoms with Crippen LogP contribution in [0.1, 0.15) is 19.8 Å². The van der Waals surface area contributed by atoms with Crippen molar-refractivity contribution in [1.29, 1.82) is 0 Å². The van der Waals surface area contributed by atoms with Crippen LogP contribution in [0.2, 0.25) is 0 Å². The maximum atomic E-state index is 8.82. The Hall–Kier alpha value is -1.44. The van der Waals surface area contributed by atoms with Gasteiger partial charge in [-0.2, -0.15) is 4.98 Å². The number of aliphatic hydroxyl groups is 1. The molecule has 2 aromatic heterocycles. The summed E-state index contributed by atoms with van der Waals surface area (Å²) < 4.78 is 0. The van der Waals surface area contributed by atoms with Crippen LogP contribution in [-0.4, -0.2) is 27.7 Å². The molecule has 2 rings (SSSR count). The summed E-state index contributed by atoms with van der Waals surface area (Å²) in [5, 5.41) is 15.1. The van der Waals surface area contributed by atoms with E-state index >= 15 is 0 Å². The fraction of sp³-hybridized carbons (Fsp3) is 0.455. The quantitative estimate of drug-likeness (QED) is 0.468. The van der Waals surface area contributed by atoms with Crippen molar-refractivity contribution in [2.75, 3.05) is 17.3 Å². The Kier molecular flexibility index (Phi) is 4.29. The highest BCUT2D eigenvalue weighted by molar-refractivity contribution is 7.16. The van der Waals surface area contributed by atoms with E-state index in [1.54, 1.807) is 11.3 Å². The van der Waals surface area contributed by atoms with Crippen LogP contribution in [0.25, 0.3) is 10.2 Å². The summed E-state index contributed by atoms with van der Waals surface area (Å²) in [7, 11) is 0. The molecule has 0 aromatic carbocycles. The van der Waals surface area contributed by atoms with E-state index in [4.69, 9.17) is 10.9 Å². The Morgan fingerprint density at radius 1 is 1.50 bits per heavy atom. The van der Waals surface area contributed by atoms with Crippen LogP contribution >= 0.6 is 11.3 Å². The second-order valence-electron chi connectivity index (χ2n) is 4.09. The minimum Gasteiger partial charge on any atom is -0.396 e. The van der Waals surface area contributed by atoms with Gasteiger partial charge >= 0.3 is 0 Å². The second kappa shape index (κ2) is 5.94. The number of thiophene rings is 1. The molecule has 0 aliphatic carbocycles. The zero-order chi connectivity index (χ0) is 13.0. The third-order valence-corrected chi connectivity index (χ3v) is 3.44. The van der Waals surface area contributed by atoms with Gasteiger partial charge in [0, 0.05) is 12.6 Å². The molecule has 0 fully saturated rings. The molecule has 18 heavy (non-hydrogen) atoms. The van der Waals surface area contributed by atoms with Gasteiger partial charge in [0.1, 0.15) is 10.6 Å². The Balaban J connectivity index is 2.22. The fourth-order valence-electron chi connectivity index (χ4n) is 1.73. The minimum absolute atomic E-state index is 0.208. The number of rotatable bonds is 6. The molecule has 2 heterocycles. The van der Waals surface area contributed by atoms with Gasteiger partial charge in [0.15, 0.2) is 0 Å². The Morgan fingerprint density at radius 3 is 3.06 bits per heavy atom. The van der Waals surface area contributed by atoms with Gasteiger partial charge in [0.25, 0.3) is 0 Å². The SMILES string of the molecule is CC(CCCO)Nc1nc(NN)nc2sccc12. The second-order valence-corrected chi connectivity index (χ2v) is 4.99. The number of nitrogen functional groups attached to an aromatic ring is 1. The lowest BCUT2D eigenvalue weighted by molar-refractivity contribution is 0.282. The van der Waals surface area contributed by atoms with Gasteiger partial charge in [0.2, 0.25) is 5.95 Å². The number of hydrogen-bond acceptors (Lipinski definition) is 7. The van der Waals surface area contributed by atoms with Crippen molar-refractivity contribution in [2.24, 2.45) is 5.84 Å². The van der Waals surface area contributed by atoms with E-state index in [0.717, 1.165) is 28.9 Å². The van der Waals surface area contributed by atoms with Crippen molar-refractivity contribution in [3.8, 4) is 0 Å². The highest BCUT2D eigenvalue weighted by Gasteiger charge is 2.10. The summed E-state index contributed by atoms with van der Waals surface area (Å²) in [5.41, 5.74) is 2.47. The number of aliphatic hydroxyl groups excluding tert-OH is 1. The molecule has 0 aliphatic heterocycles. The summed E-state index contributed by atoms with van der Waals surface area (Å²) in [6.07, 6.45) is 1.66. The normalized spacial score (nSPS) is 12.6. The number of anilines is 2. The molecule has 0 radical (unpaired) electrons. The van der Waals surface area contributed by atoms with Gasteiger partial charge in [-0.3, -0.25) is 5.43 Å². The van der Waals surface area contributed by atoms with Gasteiger partial charge < -0.3 is 10.4 Å². The lowest BCUT2D eigenvalue weighted by Crippen LogP contribution is -2.18. The van der Waals surface area contributed by atoms with E-state index in [0.29, 0.717) is 5.95 Å². The van der Waals surface area contributed by atoms with Crippen LogP contribution in [0.5, 0.6) is 0 Å². The third kappa shape index (κ3) is 2.87. The molecular formula is C11H17N5OS. The molecule has 1 unspecified atom stereocenters. The summed E-state index contributed by atoms with van der Waals surface area (Å²) in [6, 6.07) is 2.22. The van der Waals surface area contributed by atoms with Crippen LogP contribution < -0.4 is 16.6 Å². The molecule has 0 saturated carbocycles. The van der Waals surface area contributed by atoms with E-state index < -0.39 is 0 Å². The highest BCUT2D eigenvalue weighted by atomic mass is 32.1. The first-order valence-corrected chi connectivity index (χ1v) is 6.72. The summed E-state index contributed by atoms with van der Waals surface area (Å²) >= 11 is 1.55. The first-order chi connectivity index (χ1) is 8.74. The monoisotopic (exact) mass is 267 g/mol. The lowest BCUT2D eigenvalue weighted by atomic mass is 10.2. The fourth-order valence-corrected chi connectivity index (χ4v) is 2.50. The van der Waals surface area contributed by atoms with E-state index in [1.165, 1.54) is 0 Å². The molecule has 1 atom stereocenters. The largest absolute Gasteiger partial charge is 0.396 e. The maximum Gasteiger partial charge on any atom is 0.240 e. The van der Waals surface area contributed by atoms with Crippen molar-refractivity contribution in [3.63, 3.8) is 0 Å². The number of hydrogen-bond donors (Lipinski definition) is 4. The highest BCUT2D eigenvalue weighted by Crippen LogP contribution is 2.26.